The average molecular weight is 449 g/mol. The van der Waals surface area contributed by atoms with Gasteiger partial charge in [-0.15, -0.1) is 11.3 Å². The summed E-state index contributed by atoms with van der Waals surface area (Å²) in [6.07, 6.45) is 3.18. The third-order valence-electron chi connectivity index (χ3n) is 6.20. The van der Waals surface area contributed by atoms with Crippen molar-refractivity contribution in [1.29, 1.82) is 0 Å². The highest BCUT2D eigenvalue weighted by Gasteiger charge is 2.37. The lowest BCUT2D eigenvalue weighted by atomic mass is 9.89. The highest BCUT2D eigenvalue weighted by molar-refractivity contribution is 7.09. The molecule has 0 radical (unpaired) electrons. The zero-order valence-corrected chi connectivity index (χ0v) is 18.5. The molecule has 2 amide bonds. The zero-order chi connectivity index (χ0) is 21.8. The van der Waals surface area contributed by atoms with E-state index in [9.17, 15) is 14.3 Å². The minimum absolute atomic E-state index is 0.245. The normalized spacial score (nSPS) is 21.4. The highest BCUT2D eigenvalue weighted by atomic mass is 32.1. The van der Waals surface area contributed by atoms with Gasteiger partial charge in [0.05, 0.1) is 18.8 Å². The van der Waals surface area contributed by atoms with Crippen LogP contribution in [0.25, 0.3) is 0 Å². The van der Waals surface area contributed by atoms with Gasteiger partial charge in [0, 0.05) is 37.3 Å². The number of halogens is 1. The Hall–Kier alpha value is -2.07. The predicted molar refractivity (Wildman–Crippen MR) is 118 cm³/mol. The molecule has 0 saturated carbocycles. The molecule has 2 aliphatic rings. The third-order valence-corrected chi connectivity index (χ3v) is 7.03. The van der Waals surface area contributed by atoms with Crippen LogP contribution in [0.5, 0.6) is 0 Å². The van der Waals surface area contributed by atoms with Gasteiger partial charge < -0.3 is 20.1 Å². The lowest BCUT2D eigenvalue weighted by molar-refractivity contribution is -0.0190. The molecule has 0 aliphatic carbocycles. The van der Waals surface area contributed by atoms with E-state index in [1.54, 1.807) is 23.3 Å². The summed E-state index contributed by atoms with van der Waals surface area (Å²) >= 11 is 1.58. The molecule has 2 aromatic rings. The van der Waals surface area contributed by atoms with Crippen molar-refractivity contribution in [3.8, 4) is 0 Å². The third kappa shape index (κ3) is 5.23. The number of urea groups is 1. The van der Waals surface area contributed by atoms with E-state index in [2.05, 4.69) is 10.2 Å². The van der Waals surface area contributed by atoms with Crippen molar-refractivity contribution >= 4 is 23.1 Å². The van der Waals surface area contributed by atoms with Gasteiger partial charge in [-0.1, -0.05) is 0 Å². The number of carbonyl (C=O) groups excluding carboxylic acids is 1. The molecule has 2 saturated heterocycles. The number of amides is 2. The maximum atomic E-state index is 13.0. The van der Waals surface area contributed by atoms with Gasteiger partial charge in [-0.2, -0.15) is 0 Å². The Labute approximate surface area is 185 Å². The molecule has 168 valence electrons. The standard InChI is InChI=1S/C22H29FN4O3S/c1-30-14-18-3-2-10-27(18)13-20-25-19(15-31-20)22(29)8-11-26(12-9-22)21(28)24-17-6-4-16(23)5-7-17/h4-7,15,18,29H,2-3,8-14H2,1H3,(H,24,28)/t18-/m1/s1. The quantitative estimate of drug-likeness (QED) is 0.708. The Kier molecular flexibility index (Phi) is 6.86. The maximum Gasteiger partial charge on any atom is 0.321 e. The van der Waals surface area contributed by atoms with Gasteiger partial charge in [-0.3, -0.25) is 4.90 Å². The molecule has 9 heteroatoms. The highest BCUT2D eigenvalue weighted by Crippen LogP contribution is 2.34. The largest absolute Gasteiger partial charge is 0.383 e. The van der Waals surface area contributed by atoms with Crippen LogP contribution in [0.2, 0.25) is 0 Å². The summed E-state index contributed by atoms with van der Waals surface area (Å²) in [6.45, 7) is 3.42. The molecular formula is C22H29FN4O3S. The van der Waals surface area contributed by atoms with Crippen molar-refractivity contribution in [1.82, 2.24) is 14.8 Å². The number of nitrogens with one attached hydrogen (secondary N) is 1. The Bertz CT molecular complexity index is 883. The monoisotopic (exact) mass is 448 g/mol. The molecule has 3 heterocycles. The molecule has 1 aromatic heterocycles. The van der Waals surface area contributed by atoms with Crippen LogP contribution in [-0.4, -0.2) is 65.3 Å². The van der Waals surface area contributed by atoms with E-state index in [0.717, 1.165) is 31.1 Å². The number of hydrogen-bond acceptors (Lipinski definition) is 6. The fourth-order valence-electron chi connectivity index (χ4n) is 4.33. The van der Waals surface area contributed by atoms with E-state index in [-0.39, 0.29) is 11.8 Å². The maximum absolute atomic E-state index is 13.0. The summed E-state index contributed by atoms with van der Waals surface area (Å²) < 4.78 is 18.4. The van der Waals surface area contributed by atoms with Gasteiger partial charge in [0.25, 0.3) is 0 Å². The summed E-state index contributed by atoms with van der Waals surface area (Å²) in [6, 6.07) is 5.87. The van der Waals surface area contributed by atoms with Gasteiger partial charge in [-0.05, 0) is 56.5 Å². The lowest BCUT2D eigenvalue weighted by Gasteiger charge is -2.37. The number of piperidine rings is 1. The second-order valence-electron chi connectivity index (χ2n) is 8.30. The molecule has 0 unspecified atom stereocenters. The van der Waals surface area contributed by atoms with Gasteiger partial charge >= 0.3 is 6.03 Å². The zero-order valence-electron chi connectivity index (χ0n) is 17.7. The molecule has 31 heavy (non-hydrogen) atoms. The topological polar surface area (TPSA) is 77.9 Å². The average Bonchev–Trinajstić information content (AvgIpc) is 3.41. The molecule has 4 rings (SSSR count). The van der Waals surface area contributed by atoms with Crippen molar-refractivity contribution in [3.63, 3.8) is 0 Å². The fourth-order valence-corrected chi connectivity index (χ4v) is 5.24. The predicted octanol–water partition coefficient (Wildman–Crippen LogP) is 3.41. The second-order valence-corrected chi connectivity index (χ2v) is 9.25. The number of thiazole rings is 1. The van der Waals surface area contributed by atoms with Crippen LogP contribution < -0.4 is 5.32 Å². The van der Waals surface area contributed by atoms with Crippen LogP contribution in [0.15, 0.2) is 29.6 Å². The Morgan fingerprint density at radius 1 is 1.32 bits per heavy atom. The fraction of sp³-hybridized carbons (Fsp3) is 0.545. The minimum Gasteiger partial charge on any atom is -0.383 e. The Balaban J connectivity index is 1.32. The molecule has 2 fully saturated rings. The molecule has 0 spiro atoms. The SMILES string of the molecule is COC[C@H]1CCCN1Cc1nc(C2(O)CCN(C(=O)Nc3ccc(F)cc3)CC2)cs1. The number of aromatic nitrogens is 1. The smallest absolute Gasteiger partial charge is 0.321 e. The van der Waals surface area contributed by atoms with Crippen molar-refractivity contribution in [2.75, 3.05) is 38.7 Å². The van der Waals surface area contributed by atoms with E-state index >= 15 is 0 Å². The van der Waals surface area contributed by atoms with E-state index in [4.69, 9.17) is 9.72 Å². The van der Waals surface area contributed by atoms with Gasteiger partial charge in [0.15, 0.2) is 0 Å². The van der Waals surface area contributed by atoms with Crippen molar-refractivity contribution in [3.05, 3.63) is 46.2 Å². The van der Waals surface area contributed by atoms with Gasteiger partial charge in [-0.25, -0.2) is 14.2 Å². The van der Waals surface area contributed by atoms with E-state index in [1.165, 1.54) is 30.7 Å². The number of nitrogens with zero attached hydrogens (tertiary/aromatic N) is 3. The number of rotatable bonds is 6. The van der Waals surface area contributed by atoms with E-state index in [0.29, 0.717) is 43.4 Å². The molecular weight excluding hydrogens is 419 g/mol. The summed E-state index contributed by atoms with van der Waals surface area (Å²) in [4.78, 5) is 21.3. The van der Waals surface area contributed by atoms with Gasteiger partial charge in [0.2, 0.25) is 0 Å². The molecule has 1 aromatic carbocycles. The first-order valence-corrected chi connectivity index (χ1v) is 11.6. The van der Waals surface area contributed by atoms with Crippen LogP contribution >= 0.6 is 11.3 Å². The summed E-state index contributed by atoms with van der Waals surface area (Å²) in [7, 11) is 1.74. The Morgan fingerprint density at radius 2 is 2.06 bits per heavy atom. The number of ether oxygens (including phenoxy) is 1. The molecule has 0 bridgehead atoms. The lowest BCUT2D eigenvalue weighted by Crippen LogP contribution is -2.46. The summed E-state index contributed by atoms with van der Waals surface area (Å²) in [5, 5.41) is 16.9. The number of aliphatic hydroxyl groups is 1. The number of benzene rings is 1. The molecule has 7 nitrogen and oxygen atoms in total. The van der Waals surface area contributed by atoms with Crippen molar-refractivity contribution in [2.45, 2.75) is 43.9 Å². The molecule has 2 N–H and O–H groups in total. The number of methoxy groups -OCH3 is 1. The number of carbonyl (C=O) groups is 1. The van der Waals surface area contributed by atoms with Crippen LogP contribution in [0.1, 0.15) is 36.4 Å². The van der Waals surface area contributed by atoms with Crippen LogP contribution in [-0.2, 0) is 16.9 Å². The first kappa shape index (κ1) is 22.1. The molecule has 1 atom stereocenters. The van der Waals surface area contributed by atoms with E-state index < -0.39 is 5.60 Å². The number of anilines is 1. The van der Waals surface area contributed by atoms with E-state index in [1.807, 2.05) is 5.38 Å². The number of likely N-dealkylation sites (tertiary alicyclic amines) is 2. The van der Waals surface area contributed by atoms with Crippen molar-refractivity contribution in [2.24, 2.45) is 0 Å². The van der Waals surface area contributed by atoms with Crippen molar-refractivity contribution < 1.29 is 19.0 Å². The summed E-state index contributed by atoms with van der Waals surface area (Å²) in [5.74, 6) is -0.345. The second kappa shape index (κ2) is 9.60. The Morgan fingerprint density at radius 3 is 2.77 bits per heavy atom. The minimum atomic E-state index is -1.02. The first-order valence-electron chi connectivity index (χ1n) is 10.7. The van der Waals surface area contributed by atoms with Gasteiger partial charge in [0.1, 0.15) is 16.4 Å². The first-order chi connectivity index (χ1) is 15.0. The summed E-state index contributed by atoms with van der Waals surface area (Å²) in [5.41, 5.74) is 0.233. The molecule has 2 aliphatic heterocycles. The van der Waals surface area contributed by atoms with Crippen LogP contribution in [0.3, 0.4) is 0 Å². The number of hydrogen-bond donors (Lipinski definition) is 2. The van der Waals surface area contributed by atoms with Crippen LogP contribution in [0.4, 0.5) is 14.9 Å². The van der Waals surface area contributed by atoms with Crippen LogP contribution in [0, 0.1) is 5.82 Å².